The normalized spacial score (nSPS) is 17.7. The number of piperazine rings is 1. The molecule has 1 atom stereocenters. The van der Waals surface area contributed by atoms with E-state index in [-0.39, 0.29) is 0 Å². The third-order valence-corrected chi connectivity index (χ3v) is 6.94. The van der Waals surface area contributed by atoms with E-state index in [9.17, 15) is 4.79 Å². The lowest BCUT2D eigenvalue weighted by atomic mass is 9.97. The molecule has 0 aliphatic carbocycles. The number of carbonyl (C=O) groups excluding carboxylic acids is 1. The van der Waals surface area contributed by atoms with Gasteiger partial charge in [-0.15, -0.1) is 0 Å². The number of benzene rings is 1. The van der Waals surface area contributed by atoms with Gasteiger partial charge in [-0.3, -0.25) is 4.90 Å². The van der Waals surface area contributed by atoms with E-state index in [2.05, 4.69) is 54.7 Å². The number of anilines is 2. The van der Waals surface area contributed by atoms with Gasteiger partial charge in [-0.2, -0.15) is 0 Å². The number of aromatic nitrogens is 3. The molecule has 192 valence electrons. The molecular weight excluding hydrogens is 466 g/mol. The summed E-state index contributed by atoms with van der Waals surface area (Å²) in [5, 5.41) is 6.56. The maximum absolute atomic E-state index is 11.8. The molecular formula is C28H33N7O2. The Kier molecular flexibility index (Phi) is 8.15. The Morgan fingerprint density at radius 3 is 2.51 bits per heavy atom. The average Bonchev–Trinajstić information content (AvgIpc) is 2.96. The SMILES string of the molecule is COCCN1CCN(CCc2ccc(Nc3nc(-c4cncnc4)cc4c3C(C=O)NC=C4)cc2)CC1. The van der Waals surface area contributed by atoms with E-state index in [1.807, 2.05) is 12.1 Å². The molecule has 0 bridgehead atoms. The van der Waals surface area contributed by atoms with E-state index >= 15 is 0 Å². The lowest BCUT2D eigenvalue weighted by Crippen LogP contribution is -2.47. The first-order valence-corrected chi connectivity index (χ1v) is 12.7. The molecule has 2 aliphatic heterocycles. The number of rotatable bonds is 10. The van der Waals surface area contributed by atoms with Gasteiger partial charge in [0.1, 0.15) is 24.5 Å². The molecule has 1 saturated heterocycles. The molecule has 37 heavy (non-hydrogen) atoms. The van der Waals surface area contributed by atoms with Crippen molar-refractivity contribution in [3.63, 3.8) is 0 Å². The summed E-state index contributed by atoms with van der Waals surface area (Å²) in [5.41, 5.74) is 5.55. The highest BCUT2D eigenvalue weighted by Gasteiger charge is 2.23. The minimum atomic E-state index is -0.467. The van der Waals surface area contributed by atoms with Gasteiger partial charge < -0.3 is 25.1 Å². The van der Waals surface area contributed by atoms with Crippen LogP contribution in [0.5, 0.6) is 0 Å². The number of ether oxygens (including phenoxy) is 1. The number of nitrogens with one attached hydrogen (secondary N) is 2. The van der Waals surface area contributed by atoms with E-state index < -0.39 is 6.04 Å². The Labute approximate surface area is 217 Å². The predicted octanol–water partition coefficient (Wildman–Crippen LogP) is 2.90. The van der Waals surface area contributed by atoms with Crippen LogP contribution in [0.1, 0.15) is 22.7 Å². The van der Waals surface area contributed by atoms with Crippen LogP contribution < -0.4 is 10.6 Å². The van der Waals surface area contributed by atoms with Crippen molar-refractivity contribution in [3.05, 3.63) is 71.9 Å². The largest absolute Gasteiger partial charge is 0.383 e. The highest BCUT2D eigenvalue weighted by molar-refractivity contribution is 5.79. The van der Waals surface area contributed by atoms with Gasteiger partial charge in [0.15, 0.2) is 0 Å². The lowest BCUT2D eigenvalue weighted by molar-refractivity contribution is -0.109. The highest BCUT2D eigenvalue weighted by atomic mass is 16.5. The van der Waals surface area contributed by atoms with Crippen molar-refractivity contribution in [1.82, 2.24) is 30.1 Å². The molecule has 9 heteroatoms. The van der Waals surface area contributed by atoms with Crippen molar-refractivity contribution in [2.75, 3.05) is 58.3 Å². The Morgan fingerprint density at radius 2 is 1.81 bits per heavy atom. The molecule has 3 aromatic rings. The molecule has 2 N–H and O–H groups in total. The minimum absolute atomic E-state index is 0.467. The smallest absolute Gasteiger partial charge is 0.146 e. The van der Waals surface area contributed by atoms with Crippen molar-refractivity contribution in [3.8, 4) is 11.3 Å². The van der Waals surface area contributed by atoms with Gasteiger partial charge in [-0.25, -0.2) is 15.0 Å². The molecule has 0 radical (unpaired) electrons. The number of hydrogen-bond donors (Lipinski definition) is 2. The minimum Gasteiger partial charge on any atom is -0.383 e. The number of hydrogen-bond acceptors (Lipinski definition) is 9. The number of fused-ring (bicyclic) bond motifs is 1. The monoisotopic (exact) mass is 499 g/mol. The Morgan fingerprint density at radius 1 is 1.08 bits per heavy atom. The van der Waals surface area contributed by atoms with Gasteiger partial charge in [0.25, 0.3) is 0 Å². The van der Waals surface area contributed by atoms with Crippen LogP contribution in [0, 0.1) is 0 Å². The van der Waals surface area contributed by atoms with Crippen LogP contribution in [-0.4, -0.2) is 84.0 Å². The highest BCUT2D eigenvalue weighted by Crippen LogP contribution is 2.33. The van der Waals surface area contributed by atoms with E-state index in [4.69, 9.17) is 9.72 Å². The molecule has 4 heterocycles. The molecule has 1 aromatic carbocycles. The summed E-state index contributed by atoms with van der Waals surface area (Å²) in [5.74, 6) is 0.643. The maximum Gasteiger partial charge on any atom is 0.146 e. The lowest BCUT2D eigenvalue weighted by Gasteiger charge is -2.34. The summed E-state index contributed by atoms with van der Waals surface area (Å²) in [4.78, 5) is 29.9. The van der Waals surface area contributed by atoms with Crippen LogP contribution in [0.2, 0.25) is 0 Å². The number of pyridine rings is 1. The van der Waals surface area contributed by atoms with E-state index in [1.54, 1.807) is 25.7 Å². The predicted molar refractivity (Wildman–Crippen MR) is 144 cm³/mol. The molecule has 5 rings (SSSR count). The van der Waals surface area contributed by atoms with Crippen molar-refractivity contribution >= 4 is 23.9 Å². The fraction of sp³-hybridized carbons (Fsp3) is 0.357. The van der Waals surface area contributed by atoms with E-state index in [0.717, 1.165) is 86.7 Å². The fourth-order valence-electron chi connectivity index (χ4n) is 4.78. The van der Waals surface area contributed by atoms with Crippen molar-refractivity contribution in [2.45, 2.75) is 12.5 Å². The number of carbonyl (C=O) groups is 1. The summed E-state index contributed by atoms with van der Waals surface area (Å²) in [6.07, 6.45) is 10.6. The molecule has 2 aliphatic rings. The first kappa shape index (κ1) is 25.0. The zero-order valence-corrected chi connectivity index (χ0v) is 21.1. The van der Waals surface area contributed by atoms with Gasteiger partial charge in [-0.1, -0.05) is 12.1 Å². The Bertz CT molecular complexity index is 1210. The van der Waals surface area contributed by atoms with Crippen LogP contribution in [0.4, 0.5) is 11.5 Å². The number of aldehydes is 1. The van der Waals surface area contributed by atoms with E-state index in [0.29, 0.717) is 5.82 Å². The van der Waals surface area contributed by atoms with Crippen molar-refractivity contribution in [1.29, 1.82) is 0 Å². The van der Waals surface area contributed by atoms with Crippen LogP contribution in [0.3, 0.4) is 0 Å². The first-order chi connectivity index (χ1) is 18.2. The second-order valence-electron chi connectivity index (χ2n) is 9.35. The standard InChI is InChI=1S/C28H33N7O2/c1-37-15-14-35-12-10-34(11-13-35)9-7-21-2-4-24(5-3-21)32-28-27-22(6-8-31-26(27)19-36)16-25(33-28)23-17-29-20-30-18-23/h2-6,8,16-20,26,31H,7,9-15H2,1H3,(H,32,33). The summed E-state index contributed by atoms with van der Waals surface area (Å²) in [6.45, 7) is 7.27. The number of methoxy groups -OCH3 is 1. The zero-order chi connectivity index (χ0) is 25.5. The molecule has 9 nitrogen and oxygen atoms in total. The summed E-state index contributed by atoms with van der Waals surface area (Å²) >= 11 is 0. The topological polar surface area (TPSA) is 95.5 Å². The molecule has 1 unspecified atom stereocenters. The van der Waals surface area contributed by atoms with Crippen LogP contribution in [0.25, 0.3) is 17.3 Å². The Balaban J connectivity index is 1.26. The zero-order valence-electron chi connectivity index (χ0n) is 21.1. The van der Waals surface area contributed by atoms with Crippen molar-refractivity contribution in [2.24, 2.45) is 0 Å². The molecule has 1 fully saturated rings. The molecule has 0 spiro atoms. The third kappa shape index (κ3) is 6.19. The number of nitrogens with zero attached hydrogens (tertiary/aromatic N) is 5. The summed E-state index contributed by atoms with van der Waals surface area (Å²) < 4.78 is 5.20. The second kappa shape index (κ2) is 12.1. The maximum atomic E-state index is 11.8. The quantitative estimate of drug-likeness (QED) is 0.408. The third-order valence-electron chi connectivity index (χ3n) is 6.94. The second-order valence-corrected chi connectivity index (χ2v) is 9.35. The van der Waals surface area contributed by atoms with Gasteiger partial charge >= 0.3 is 0 Å². The van der Waals surface area contributed by atoms with Crippen LogP contribution in [0.15, 0.2) is 55.3 Å². The van der Waals surface area contributed by atoms with Gasteiger partial charge in [0.05, 0.1) is 12.3 Å². The molecule has 2 aromatic heterocycles. The van der Waals surface area contributed by atoms with Gasteiger partial charge in [-0.05, 0) is 48.0 Å². The fourth-order valence-corrected chi connectivity index (χ4v) is 4.78. The van der Waals surface area contributed by atoms with Gasteiger partial charge in [0, 0.05) is 75.6 Å². The van der Waals surface area contributed by atoms with Crippen molar-refractivity contribution < 1.29 is 9.53 Å². The molecule has 0 amide bonds. The Hall–Kier alpha value is -3.66. The average molecular weight is 500 g/mol. The van der Waals surface area contributed by atoms with Crippen LogP contribution >= 0.6 is 0 Å². The van der Waals surface area contributed by atoms with Crippen LogP contribution in [-0.2, 0) is 16.0 Å². The summed E-state index contributed by atoms with van der Waals surface area (Å²) in [7, 11) is 1.76. The van der Waals surface area contributed by atoms with Gasteiger partial charge in [0.2, 0.25) is 0 Å². The van der Waals surface area contributed by atoms with E-state index in [1.165, 1.54) is 11.9 Å². The summed E-state index contributed by atoms with van der Waals surface area (Å²) in [6, 6.07) is 9.97. The first-order valence-electron chi connectivity index (χ1n) is 12.7. The molecule has 0 saturated carbocycles.